The minimum atomic E-state index is 0.856. The van der Waals surface area contributed by atoms with Crippen LogP contribution in [-0.4, -0.2) is 0 Å². The van der Waals surface area contributed by atoms with Crippen LogP contribution in [0.2, 0.25) is 0 Å². The Hall–Kier alpha value is -0.980. The summed E-state index contributed by atoms with van der Waals surface area (Å²) in [5.74, 6) is 0. The summed E-state index contributed by atoms with van der Waals surface area (Å²) in [6, 6.07) is 6.05. The Morgan fingerprint density at radius 3 is 1.93 bits per heavy atom. The second-order valence-electron chi connectivity index (χ2n) is 2.54. The van der Waals surface area contributed by atoms with Gasteiger partial charge >= 0.3 is 0 Å². The minimum absolute atomic E-state index is 0.856. The summed E-state index contributed by atoms with van der Waals surface area (Å²) < 4.78 is 0. The predicted molar refractivity (Wildman–Crippen MR) is 67.7 cm³/mol. The van der Waals surface area contributed by atoms with Gasteiger partial charge < -0.3 is 5.73 Å². The van der Waals surface area contributed by atoms with Gasteiger partial charge in [-0.2, -0.15) is 0 Å². The van der Waals surface area contributed by atoms with Gasteiger partial charge in [-0.3, -0.25) is 0 Å². The fourth-order valence-electron chi connectivity index (χ4n) is 1.12. The standard InChI is InChI=1S/C9H13N.2C2H6/c1-3-8-4-5-9(10)6-7(8)2;2*1-2/h4-6H,3,10H2,1-2H3;2*1-2H3. The van der Waals surface area contributed by atoms with E-state index in [1.165, 1.54) is 11.1 Å². The molecule has 0 bridgehead atoms. The predicted octanol–water partition coefficient (Wildman–Crippen LogP) is 4.19. The summed E-state index contributed by atoms with van der Waals surface area (Å²) in [6.07, 6.45) is 1.09. The quantitative estimate of drug-likeness (QED) is 0.668. The fraction of sp³-hybridized carbons (Fsp3) is 0.538. The number of nitrogens with two attached hydrogens (primary N) is 1. The molecule has 0 saturated carbocycles. The van der Waals surface area contributed by atoms with Gasteiger partial charge in [0.1, 0.15) is 0 Å². The van der Waals surface area contributed by atoms with Crippen molar-refractivity contribution in [3.05, 3.63) is 29.3 Å². The van der Waals surface area contributed by atoms with E-state index in [1.807, 2.05) is 39.8 Å². The largest absolute Gasteiger partial charge is 0.399 e. The number of rotatable bonds is 1. The molecule has 0 aliphatic rings. The van der Waals surface area contributed by atoms with E-state index in [9.17, 15) is 0 Å². The van der Waals surface area contributed by atoms with Gasteiger partial charge in [-0.05, 0) is 36.6 Å². The highest BCUT2D eigenvalue weighted by atomic mass is 14.5. The van der Waals surface area contributed by atoms with Crippen LogP contribution in [0.25, 0.3) is 0 Å². The molecule has 0 aromatic heterocycles. The van der Waals surface area contributed by atoms with E-state index in [0.717, 1.165) is 12.1 Å². The lowest BCUT2D eigenvalue weighted by molar-refractivity contribution is 1.11. The molecule has 1 rings (SSSR count). The van der Waals surface area contributed by atoms with Crippen LogP contribution < -0.4 is 5.73 Å². The highest BCUT2D eigenvalue weighted by Crippen LogP contribution is 2.12. The molecule has 82 valence electrons. The average Bonchev–Trinajstić information content (AvgIpc) is 2.24. The molecule has 0 heterocycles. The first-order valence-electron chi connectivity index (χ1n) is 5.59. The first-order valence-corrected chi connectivity index (χ1v) is 5.59. The SMILES string of the molecule is CC.CC.CCc1ccc(N)cc1C. The van der Waals surface area contributed by atoms with Crippen LogP contribution in [0, 0.1) is 6.92 Å². The highest BCUT2D eigenvalue weighted by Gasteiger charge is 1.93. The van der Waals surface area contributed by atoms with Gasteiger partial charge in [0.25, 0.3) is 0 Å². The van der Waals surface area contributed by atoms with Crippen LogP contribution >= 0.6 is 0 Å². The van der Waals surface area contributed by atoms with Crippen molar-refractivity contribution in [1.82, 2.24) is 0 Å². The van der Waals surface area contributed by atoms with E-state index in [1.54, 1.807) is 0 Å². The van der Waals surface area contributed by atoms with E-state index in [4.69, 9.17) is 5.73 Å². The Kier molecular flexibility index (Phi) is 11.2. The number of anilines is 1. The number of hydrogen-bond acceptors (Lipinski definition) is 1. The molecule has 0 saturated heterocycles. The van der Waals surface area contributed by atoms with Gasteiger partial charge in [0.2, 0.25) is 0 Å². The van der Waals surface area contributed by atoms with Gasteiger partial charge in [0.15, 0.2) is 0 Å². The van der Waals surface area contributed by atoms with E-state index in [0.29, 0.717) is 0 Å². The lowest BCUT2D eigenvalue weighted by Gasteiger charge is -2.02. The van der Waals surface area contributed by atoms with Gasteiger partial charge in [-0.15, -0.1) is 0 Å². The number of nitrogen functional groups attached to an aromatic ring is 1. The second kappa shape index (κ2) is 10.1. The molecule has 1 heteroatoms. The number of hydrogen-bond donors (Lipinski definition) is 1. The summed E-state index contributed by atoms with van der Waals surface area (Å²) in [5.41, 5.74) is 9.12. The molecule has 1 aromatic carbocycles. The van der Waals surface area contributed by atoms with Crippen molar-refractivity contribution < 1.29 is 0 Å². The van der Waals surface area contributed by atoms with Crippen LogP contribution in [0.1, 0.15) is 45.7 Å². The molecule has 1 aromatic rings. The van der Waals surface area contributed by atoms with Crippen molar-refractivity contribution in [3.8, 4) is 0 Å². The molecule has 0 aliphatic carbocycles. The molecular formula is C13H25N. The normalized spacial score (nSPS) is 7.86. The molecule has 0 radical (unpaired) electrons. The molecule has 2 N–H and O–H groups in total. The first kappa shape index (κ1) is 15.5. The smallest absolute Gasteiger partial charge is 0.0316 e. The molecule has 0 spiro atoms. The molecular weight excluding hydrogens is 170 g/mol. The first-order chi connectivity index (χ1) is 6.74. The highest BCUT2D eigenvalue weighted by molar-refractivity contribution is 5.44. The van der Waals surface area contributed by atoms with E-state index < -0.39 is 0 Å². The molecule has 14 heavy (non-hydrogen) atoms. The zero-order valence-corrected chi connectivity index (χ0v) is 10.5. The van der Waals surface area contributed by atoms with Gasteiger partial charge in [-0.25, -0.2) is 0 Å². The van der Waals surface area contributed by atoms with E-state index >= 15 is 0 Å². The average molecular weight is 195 g/mol. The van der Waals surface area contributed by atoms with Crippen LogP contribution in [0.15, 0.2) is 18.2 Å². The molecule has 1 nitrogen and oxygen atoms in total. The van der Waals surface area contributed by atoms with Crippen molar-refractivity contribution in [2.45, 2.75) is 48.0 Å². The maximum Gasteiger partial charge on any atom is 0.0316 e. The van der Waals surface area contributed by atoms with Crippen molar-refractivity contribution in [1.29, 1.82) is 0 Å². The summed E-state index contributed by atoms with van der Waals surface area (Å²) in [4.78, 5) is 0. The Morgan fingerprint density at radius 1 is 1.07 bits per heavy atom. The Labute approximate surface area is 89.3 Å². The van der Waals surface area contributed by atoms with Gasteiger partial charge in [-0.1, -0.05) is 40.7 Å². The second-order valence-corrected chi connectivity index (χ2v) is 2.54. The van der Waals surface area contributed by atoms with Gasteiger partial charge in [0.05, 0.1) is 0 Å². The maximum absolute atomic E-state index is 5.58. The van der Waals surface area contributed by atoms with Gasteiger partial charge in [0, 0.05) is 5.69 Å². The Morgan fingerprint density at radius 2 is 1.57 bits per heavy atom. The maximum atomic E-state index is 5.58. The lowest BCUT2D eigenvalue weighted by atomic mass is 10.1. The van der Waals surface area contributed by atoms with Crippen LogP contribution in [-0.2, 0) is 6.42 Å². The zero-order chi connectivity index (χ0) is 11.6. The van der Waals surface area contributed by atoms with Crippen molar-refractivity contribution in [2.75, 3.05) is 5.73 Å². The van der Waals surface area contributed by atoms with Crippen molar-refractivity contribution >= 4 is 5.69 Å². The summed E-state index contributed by atoms with van der Waals surface area (Å²) in [6.45, 7) is 12.2. The fourth-order valence-corrected chi connectivity index (χ4v) is 1.12. The van der Waals surface area contributed by atoms with Crippen LogP contribution in [0.4, 0.5) is 5.69 Å². The third-order valence-electron chi connectivity index (χ3n) is 1.75. The van der Waals surface area contributed by atoms with Crippen molar-refractivity contribution in [2.24, 2.45) is 0 Å². The molecule has 0 aliphatic heterocycles. The third kappa shape index (κ3) is 5.63. The topological polar surface area (TPSA) is 26.0 Å². The Bertz CT molecular complexity index is 229. The number of benzene rings is 1. The van der Waals surface area contributed by atoms with Crippen molar-refractivity contribution in [3.63, 3.8) is 0 Å². The summed E-state index contributed by atoms with van der Waals surface area (Å²) in [5, 5.41) is 0. The van der Waals surface area contributed by atoms with E-state index in [2.05, 4.69) is 19.9 Å². The molecule has 0 fully saturated rings. The zero-order valence-electron chi connectivity index (χ0n) is 10.5. The molecule has 0 amide bonds. The van der Waals surface area contributed by atoms with Crippen LogP contribution in [0.3, 0.4) is 0 Å². The monoisotopic (exact) mass is 195 g/mol. The Balaban J connectivity index is 0. The van der Waals surface area contributed by atoms with E-state index in [-0.39, 0.29) is 0 Å². The molecule has 0 unspecified atom stereocenters. The summed E-state index contributed by atoms with van der Waals surface area (Å²) in [7, 11) is 0. The van der Waals surface area contributed by atoms with Crippen LogP contribution in [0.5, 0.6) is 0 Å². The summed E-state index contributed by atoms with van der Waals surface area (Å²) >= 11 is 0. The minimum Gasteiger partial charge on any atom is -0.399 e. The number of aryl methyl sites for hydroxylation is 2. The molecule has 0 atom stereocenters. The lowest BCUT2D eigenvalue weighted by Crippen LogP contribution is -1.89. The third-order valence-corrected chi connectivity index (χ3v) is 1.75.